The van der Waals surface area contributed by atoms with Gasteiger partial charge >= 0.3 is 0 Å². The van der Waals surface area contributed by atoms with Crippen molar-refractivity contribution >= 4 is 40.0 Å². The SMILES string of the molecule is c1cc(Cc2ccc3ccccc3c2)cc(-c2cccc3c2[pH]c2ccccc23)c1. The van der Waals surface area contributed by atoms with Gasteiger partial charge < -0.3 is 0 Å². The number of benzene rings is 5. The summed E-state index contributed by atoms with van der Waals surface area (Å²) in [5, 5.41) is 8.37. The quantitative estimate of drug-likeness (QED) is 0.280. The van der Waals surface area contributed by atoms with E-state index in [2.05, 4.69) is 109 Å². The fraction of sp³-hybridized carbons (Fsp3) is 0.0345. The van der Waals surface area contributed by atoms with Crippen LogP contribution in [0, 0.1) is 0 Å². The third kappa shape index (κ3) is 3.02. The number of fused-ring (bicyclic) bond motifs is 4. The minimum Gasteiger partial charge on any atom is -0.123 e. The molecule has 0 bridgehead atoms. The molecule has 0 nitrogen and oxygen atoms in total. The molecule has 1 heteroatoms. The first-order chi connectivity index (χ1) is 14.8. The largest absolute Gasteiger partial charge is 0.123 e. The first-order valence-corrected chi connectivity index (χ1v) is 11.4. The lowest BCUT2D eigenvalue weighted by Crippen LogP contribution is -1.89. The van der Waals surface area contributed by atoms with Gasteiger partial charge in [-0.15, -0.1) is 8.19 Å². The second-order valence-electron chi connectivity index (χ2n) is 7.96. The van der Waals surface area contributed by atoms with Crippen LogP contribution in [0.15, 0.2) is 109 Å². The van der Waals surface area contributed by atoms with Crippen LogP contribution in [0.2, 0.25) is 0 Å². The highest BCUT2D eigenvalue weighted by atomic mass is 31.0. The van der Waals surface area contributed by atoms with Gasteiger partial charge in [-0.1, -0.05) is 109 Å². The van der Waals surface area contributed by atoms with Crippen molar-refractivity contribution in [2.45, 2.75) is 6.42 Å². The molecule has 142 valence electrons. The van der Waals surface area contributed by atoms with Crippen LogP contribution >= 0.6 is 8.19 Å². The first kappa shape index (κ1) is 17.5. The molecule has 0 saturated heterocycles. The maximum atomic E-state index is 2.37. The van der Waals surface area contributed by atoms with E-state index in [-0.39, 0.29) is 0 Å². The van der Waals surface area contributed by atoms with Crippen molar-refractivity contribution < 1.29 is 0 Å². The van der Waals surface area contributed by atoms with E-state index in [0.29, 0.717) is 0 Å². The van der Waals surface area contributed by atoms with Crippen molar-refractivity contribution in [2.24, 2.45) is 0 Å². The Bertz CT molecular complexity index is 1520. The van der Waals surface area contributed by atoms with E-state index in [0.717, 1.165) is 14.6 Å². The van der Waals surface area contributed by atoms with Crippen LogP contribution in [0.4, 0.5) is 0 Å². The normalized spacial score (nSPS) is 11.7. The van der Waals surface area contributed by atoms with Gasteiger partial charge in [-0.25, -0.2) is 0 Å². The molecule has 0 spiro atoms. The maximum absolute atomic E-state index is 2.37. The molecular formula is C29H21P. The molecule has 0 fully saturated rings. The highest BCUT2D eigenvalue weighted by molar-refractivity contribution is 7.44. The summed E-state index contributed by atoms with van der Waals surface area (Å²) in [4.78, 5) is 0. The zero-order valence-corrected chi connectivity index (χ0v) is 17.6. The van der Waals surface area contributed by atoms with Gasteiger partial charge in [0.05, 0.1) is 0 Å². The Balaban J connectivity index is 1.42. The summed E-state index contributed by atoms with van der Waals surface area (Å²) < 4.78 is 0. The molecule has 0 aliphatic rings. The molecule has 1 unspecified atom stereocenters. The summed E-state index contributed by atoms with van der Waals surface area (Å²) >= 11 is 0. The highest BCUT2D eigenvalue weighted by Gasteiger charge is 2.09. The second-order valence-corrected chi connectivity index (χ2v) is 9.25. The predicted octanol–water partition coefficient (Wildman–Crippen LogP) is 8.44. The molecule has 6 aromatic rings. The van der Waals surface area contributed by atoms with E-state index in [9.17, 15) is 0 Å². The zero-order chi connectivity index (χ0) is 19.9. The van der Waals surface area contributed by atoms with Gasteiger partial charge in [-0.2, -0.15) is 0 Å². The van der Waals surface area contributed by atoms with E-state index in [1.54, 1.807) is 0 Å². The van der Waals surface area contributed by atoms with Crippen LogP contribution < -0.4 is 0 Å². The van der Waals surface area contributed by atoms with Crippen LogP contribution in [-0.2, 0) is 6.42 Å². The summed E-state index contributed by atoms with van der Waals surface area (Å²) in [5.74, 6) is 0. The standard InChI is InChI=1S/C29H21P/c1-2-9-23-18-21(15-16-22(23)8-1)17-20-7-5-10-24(19-20)25-12-6-13-27-26-11-3-4-14-28(26)30-29(25)27/h1-16,18-19,30H,17H2. The lowest BCUT2D eigenvalue weighted by atomic mass is 9.97. The second kappa shape index (κ2) is 7.17. The lowest BCUT2D eigenvalue weighted by molar-refractivity contribution is 1.20. The van der Waals surface area contributed by atoms with Crippen LogP contribution in [0.25, 0.3) is 42.9 Å². The maximum Gasteiger partial charge on any atom is 0.00723 e. The van der Waals surface area contributed by atoms with Crippen molar-refractivity contribution in [1.82, 2.24) is 0 Å². The fourth-order valence-electron chi connectivity index (χ4n) is 4.55. The van der Waals surface area contributed by atoms with Crippen LogP contribution in [0.5, 0.6) is 0 Å². The molecule has 0 aliphatic heterocycles. The minimum atomic E-state index is 0.734. The molecule has 1 atom stereocenters. The third-order valence-electron chi connectivity index (χ3n) is 6.00. The Labute approximate surface area is 177 Å². The van der Waals surface area contributed by atoms with Crippen LogP contribution in [0.1, 0.15) is 11.1 Å². The molecule has 1 aromatic heterocycles. The van der Waals surface area contributed by atoms with E-state index >= 15 is 0 Å². The van der Waals surface area contributed by atoms with E-state index in [1.165, 1.54) is 54.0 Å². The topological polar surface area (TPSA) is 0 Å². The fourth-order valence-corrected chi connectivity index (χ4v) is 6.06. The molecule has 1 heterocycles. The Hall–Kier alpha value is -3.34. The smallest absolute Gasteiger partial charge is 0.00723 e. The molecule has 30 heavy (non-hydrogen) atoms. The molecule has 0 N–H and O–H groups in total. The van der Waals surface area contributed by atoms with Gasteiger partial charge in [0.15, 0.2) is 0 Å². The van der Waals surface area contributed by atoms with E-state index < -0.39 is 0 Å². The predicted molar refractivity (Wildman–Crippen MR) is 133 cm³/mol. The molecule has 0 saturated carbocycles. The Morgan fingerprint density at radius 2 is 1.30 bits per heavy atom. The molecule has 0 amide bonds. The lowest BCUT2D eigenvalue weighted by Gasteiger charge is -2.08. The van der Waals surface area contributed by atoms with Gasteiger partial charge in [0.25, 0.3) is 0 Å². The van der Waals surface area contributed by atoms with Crippen LogP contribution in [-0.4, -0.2) is 0 Å². The zero-order valence-electron chi connectivity index (χ0n) is 16.6. The van der Waals surface area contributed by atoms with Crippen molar-refractivity contribution in [3.63, 3.8) is 0 Å². The Kier molecular flexibility index (Phi) is 4.18. The van der Waals surface area contributed by atoms with Gasteiger partial charge in [-0.3, -0.25) is 0 Å². The molecule has 5 aromatic carbocycles. The molecule has 0 radical (unpaired) electrons. The third-order valence-corrected chi connectivity index (χ3v) is 7.50. The summed E-state index contributed by atoms with van der Waals surface area (Å²) in [6, 6.07) is 40.1. The van der Waals surface area contributed by atoms with Crippen molar-refractivity contribution in [3.05, 3.63) is 120 Å². The minimum absolute atomic E-state index is 0.734. The molecule has 0 aliphatic carbocycles. The van der Waals surface area contributed by atoms with Crippen molar-refractivity contribution in [2.75, 3.05) is 0 Å². The first-order valence-electron chi connectivity index (χ1n) is 10.4. The Morgan fingerprint density at radius 3 is 2.27 bits per heavy atom. The number of hydrogen-bond donors (Lipinski definition) is 0. The monoisotopic (exact) mass is 400 g/mol. The van der Waals surface area contributed by atoms with Gasteiger partial charge in [0.1, 0.15) is 0 Å². The van der Waals surface area contributed by atoms with E-state index in [1.807, 2.05) is 0 Å². The van der Waals surface area contributed by atoms with Crippen molar-refractivity contribution in [3.8, 4) is 11.1 Å². The van der Waals surface area contributed by atoms with E-state index in [4.69, 9.17) is 0 Å². The number of rotatable bonds is 3. The highest BCUT2D eigenvalue weighted by Crippen LogP contribution is 2.42. The number of hydrogen-bond acceptors (Lipinski definition) is 0. The van der Waals surface area contributed by atoms with Gasteiger partial charge in [0, 0.05) is 5.12 Å². The molecular weight excluding hydrogens is 379 g/mol. The summed E-state index contributed by atoms with van der Waals surface area (Å²) in [6.45, 7) is 0. The summed E-state index contributed by atoms with van der Waals surface area (Å²) in [6.07, 6.45) is 0.955. The molecule has 6 rings (SSSR count). The van der Waals surface area contributed by atoms with Crippen LogP contribution in [0.3, 0.4) is 0 Å². The van der Waals surface area contributed by atoms with Gasteiger partial charge in [0.2, 0.25) is 0 Å². The Morgan fingerprint density at radius 1 is 0.533 bits per heavy atom. The van der Waals surface area contributed by atoms with Gasteiger partial charge in [-0.05, 0) is 55.3 Å². The average molecular weight is 400 g/mol. The summed E-state index contributed by atoms with van der Waals surface area (Å²) in [7, 11) is 0.734. The average Bonchev–Trinajstić information content (AvgIpc) is 3.18. The summed E-state index contributed by atoms with van der Waals surface area (Å²) in [5.41, 5.74) is 5.42. The van der Waals surface area contributed by atoms with Crippen molar-refractivity contribution in [1.29, 1.82) is 0 Å².